The van der Waals surface area contributed by atoms with Crippen LogP contribution in [0.3, 0.4) is 0 Å². The van der Waals surface area contributed by atoms with Crippen molar-refractivity contribution in [2.24, 2.45) is 0 Å². The molecule has 1 aromatic rings. The Morgan fingerprint density at radius 3 is 2.91 bits per heavy atom. The normalized spacial score (nSPS) is 16.9. The van der Waals surface area contributed by atoms with Crippen LogP contribution >= 0.6 is 27.5 Å². The third kappa shape index (κ3) is 6.37. The predicted molar refractivity (Wildman–Crippen MR) is 87.6 cm³/mol. The predicted octanol–water partition coefficient (Wildman–Crippen LogP) is 2.32. The number of nitrogens with one attached hydrogen (secondary N) is 1. The van der Waals surface area contributed by atoms with E-state index in [0.29, 0.717) is 21.8 Å². The number of benzene rings is 1. The van der Waals surface area contributed by atoms with E-state index in [1.54, 1.807) is 18.2 Å². The molecule has 6 nitrogen and oxygen atoms in total. The molecule has 1 aliphatic rings. The van der Waals surface area contributed by atoms with Gasteiger partial charge in [-0.05, 0) is 47.0 Å². The largest absolute Gasteiger partial charge is 0.481 e. The highest BCUT2D eigenvalue weighted by Crippen LogP contribution is 2.27. The number of ether oxygens (including phenoxy) is 3. The minimum absolute atomic E-state index is 0.0558. The van der Waals surface area contributed by atoms with Crippen molar-refractivity contribution in [3.63, 3.8) is 0 Å². The van der Waals surface area contributed by atoms with Gasteiger partial charge in [-0.2, -0.15) is 0 Å². The maximum Gasteiger partial charge on any atom is 0.344 e. The van der Waals surface area contributed by atoms with Gasteiger partial charge in [0.25, 0.3) is 5.91 Å². The second-order valence-electron chi connectivity index (χ2n) is 4.96. The van der Waals surface area contributed by atoms with Gasteiger partial charge in [0.15, 0.2) is 13.2 Å². The first-order valence-corrected chi connectivity index (χ1v) is 8.33. The molecule has 1 fully saturated rings. The second kappa shape index (κ2) is 9.10. The molecule has 1 saturated heterocycles. The fourth-order valence-electron chi connectivity index (χ4n) is 2.00. The first-order valence-electron chi connectivity index (χ1n) is 7.16. The van der Waals surface area contributed by atoms with Crippen molar-refractivity contribution >= 4 is 39.4 Å². The van der Waals surface area contributed by atoms with E-state index in [2.05, 4.69) is 21.2 Å². The standard InChI is InChI=1S/C15H17BrClNO5/c16-12-6-10(17)3-4-13(12)22-9-15(20)23-8-14(19)18-7-11-2-1-5-21-11/h3-4,6,11H,1-2,5,7-9H2,(H,18,19)/t11-/m1/s1. The number of esters is 1. The number of hydrogen-bond acceptors (Lipinski definition) is 5. The average Bonchev–Trinajstić information content (AvgIpc) is 3.03. The lowest BCUT2D eigenvalue weighted by Crippen LogP contribution is -2.35. The second-order valence-corrected chi connectivity index (χ2v) is 6.25. The van der Waals surface area contributed by atoms with E-state index in [4.69, 9.17) is 25.8 Å². The number of hydrogen-bond donors (Lipinski definition) is 1. The Morgan fingerprint density at radius 2 is 2.22 bits per heavy atom. The van der Waals surface area contributed by atoms with Gasteiger partial charge in [0.05, 0.1) is 10.6 Å². The lowest BCUT2D eigenvalue weighted by molar-refractivity contribution is -0.150. The van der Waals surface area contributed by atoms with Crippen molar-refractivity contribution in [3.8, 4) is 5.75 Å². The van der Waals surface area contributed by atoms with Gasteiger partial charge in [-0.1, -0.05) is 11.6 Å². The summed E-state index contributed by atoms with van der Waals surface area (Å²) in [6.07, 6.45) is 2.00. The Labute approximate surface area is 147 Å². The third-order valence-corrected chi connectivity index (χ3v) is 4.01. The summed E-state index contributed by atoms with van der Waals surface area (Å²) in [6, 6.07) is 4.93. The van der Waals surface area contributed by atoms with Crippen LogP contribution in [0.15, 0.2) is 22.7 Å². The van der Waals surface area contributed by atoms with Crippen molar-refractivity contribution in [1.29, 1.82) is 0 Å². The van der Waals surface area contributed by atoms with Gasteiger partial charge >= 0.3 is 5.97 Å². The summed E-state index contributed by atoms with van der Waals surface area (Å²) in [7, 11) is 0. The molecule has 0 bridgehead atoms. The lowest BCUT2D eigenvalue weighted by atomic mass is 10.2. The Hall–Kier alpha value is -1.31. The van der Waals surface area contributed by atoms with E-state index < -0.39 is 5.97 Å². The van der Waals surface area contributed by atoms with E-state index in [9.17, 15) is 9.59 Å². The van der Waals surface area contributed by atoms with Crippen LogP contribution < -0.4 is 10.1 Å². The van der Waals surface area contributed by atoms with E-state index in [0.717, 1.165) is 19.4 Å². The average molecular weight is 407 g/mol. The van der Waals surface area contributed by atoms with Crippen molar-refractivity contribution in [1.82, 2.24) is 5.32 Å². The van der Waals surface area contributed by atoms with E-state index in [1.165, 1.54) is 0 Å². The van der Waals surface area contributed by atoms with Crippen molar-refractivity contribution in [2.45, 2.75) is 18.9 Å². The lowest BCUT2D eigenvalue weighted by Gasteiger charge is -2.11. The monoisotopic (exact) mass is 405 g/mol. The number of rotatable bonds is 7. The maximum absolute atomic E-state index is 11.6. The number of carbonyl (C=O) groups is 2. The molecular weight excluding hydrogens is 390 g/mol. The van der Waals surface area contributed by atoms with Gasteiger partial charge < -0.3 is 19.5 Å². The Balaban J connectivity index is 1.63. The highest BCUT2D eigenvalue weighted by atomic mass is 79.9. The van der Waals surface area contributed by atoms with Crippen LogP contribution in [-0.4, -0.2) is 44.3 Å². The van der Waals surface area contributed by atoms with Crippen LogP contribution in [0.1, 0.15) is 12.8 Å². The van der Waals surface area contributed by atoms with Crippen LogP contribution in [0.25, 0.3) is 0 Å². The maximum atomic E-state index is 11.6. The molecule has 1 amide bonds. The van der Waals surface area contributed by atoms with Crippen LogP contribution in [0.5, 0.6) is 5.75 Å². The van der Waals surface area contributed by atoms with Crippen molar-refractivity contribution in [2.75, 3.05) is 26.4 Å². The molecule has 0 aromatic heterocycles. The zero-order valence-electron chi connectivity index (χ0n) is 12.3. The Bertz CT molecular complexity index is 563. The molecule has 0 unspecified atom stereocenters. The molecule has 1 atom stereocenters. The van der Waals surface area contributed by atoms with Crippen molar-refractivity contribution < 1.29 is 23.8 Å². The summed E-state index contributed by atoms with van der Waals surface area (Å²) in [4.78, 5) is 23.1. The topological polar surface area (TPSA) is 73.9 Å². The Kier molecular flexibility index (Phi) is 7.14. The molecular formula is C15H17BrClNO5. The van der Waals surface area contributed by atoms with Gasteiger partial charge in [0.2, 0.25) is 0 Å². The SMILES string of the molecule is O=C(COC(=O)COc1ccc(Cl)cc1Br)NC[C@H]1CCCO1. The fraction of sp³-hybridized carbons (Fsp3) is 0.467. The zero-order chi connectivity index (χ0) is 16.7. The van der Waals surface area contributed by atoms with Crippen LogP contribution in [0.2, 0.25) is 5.02 Å². The molecule has 1 N–H and O–H groups in total. The van der Waals surface area contributed by atoms with Gasteiger partial charge in [-0.25, -0.2) is 4.79 Å². The van der Waals surface area contributed by atoms with Gasteiger partial charge in [-0.15, -0.1) is 0 Å². The molecule has 0 saturated carbocycles. The van der Waals surface area contributed by atoms with Crippen LogP contribution in [0.4, 0.5) is 0 Å². The number of amides is 1. The molecule has 1 aliphatic heterocycles. The summed E-state index contributed by atoms with van der Waals surface area (Å²) in [5.41, 5.74) is 0. The highest BCUT2D eigenvalue weighted by molar-refractivity contribution is 9.10. The molecule has 0 spiro atoms. The summed E-state index contributed by atoms with van der Waals surface area (Å²) in [5, 5.41) is 3.22. The van der Waals surface area contributed by atoms with E-state index >= 15 is 0 Å². The molecule has 0 radical (unpaired) electrons. The van der Waals surface area contributed by atoms with Crippen LogP contribution in [-0.2, 0) is 19.1 Å². The summed E-state index contributed by atoms with van der Waals surface area (Å²) in [6.45, 7) is 0.535. The highest BCUT2D eigenvalue weighted by Gasteiger charge is 2.16. The zero-order valence-corrected chi connectivity index (χ0v) is 14.7. The van der Waals surface area contributed by atoms with Gasteiger partial charge in [0.1, 0.15) is 5.75 Å². The quantitative estimate of drug-likeness (QED) is 0.704. The van der Waals surface area contributed by atoms with Crippen LogP contribution in [0, 0.1) is 0 Å². The Morgan fingerprint density at radius 1 is 1.39 bits per heavy atom. The third-order valence-electron chi connectivity index (χ3n) is 3.15. The summed E-state index contributed by atoms with van der Waals surface area (Å²) in [5.74, 6) is -0.519. The fourth-order valence-corrected chi connectivity index (χ4v) is 2.80. The number of carbonyl (C=O) groups excluding carboxylic acids is 2. The molecule has 1 heterocycles. The van der Waals surface area contributed by atoms with Crippen molar-refractivity contribution in [3.05, 3.63) is 27.7 Å². The molecule has 0 aliphatic carbocycles. The molecule has 126 valence electrons. The number of halogens is 2. The smallest absolute Gasteiger partial charge is 0.344 e. The minimum atomic E-state index is -0.626. The van der Waals surface area contributed by atoms with Gasteiger partial charge in [-0.3, -0.25) is 4.79 Å². The summed E-state index contributed by atoms with van der Waals surface area (Å²) < 4.78 is 16.2. The molecule has 8 heteroatoms. The molecule has 2 rings (SSSR count). The van der Waals surface area contributed by atoms with Gasteiger partial charge in [0, 0.05) is 18.2 Å². The first-order chi connectivity index (χ1) is 11.0. The molecule has 1 aromatic carbocycles. The van der Waals surface area contributed by atoms with E-state index in [1.807, 2.05) is 0 Å². The molecule has 23 heavy (non-hydrogen) atoms. The summed E-state index contributed by atoms with van der Waals surface area (Å²) >= 11 is 9.09. The van der Waals surface area contributed by atoms with E-state index in [-0.39, 0.29) is 25.2 Å². The first kappa shape index (κ1) is 18.0. The minimum Gasteiger partial charge on any atom is -0.481 e.